The van der Waals surface area contributed by atoms with Gasteiger partial charge in [-0.15, -0.1) is 0 Å². The molecule has 180 valence electrons. The maximum atomic E-state index is 13.6. The average Bonchev–Trinajstić information content (AvgIpc) is 2.71. The molecule has 0 aromatic heterocycles. The Kier molecular flexibility index (Phi) is 9.48. The Morgan fingerprint density at radius 2 is 1.73 bits per heavy atom. The zero-order valence-electron chi connectivity index (χ0n) is 19.7. The molecule has 0 aliphatic rings. The molecule has 1 N–H and O–H groups in total. The molecule has 2 aromatic carbocycles. The highest BCUT2D eigenvalue weighted by Gasteiger charge is 2.31. The highest BCUT2D eigenvalue weighted by atomic mass is 79.9. The SMILES string of the molecule is CC[C@@H](C(=O)NC(C)C)N(Cc1cccc(C)c1)C(=O)CN(c1ccc(Br)cc1)S(C)(=O)=O. The highest BCUT2D eigenvalue weighted by Crippen LogP contribution is 2.22. The van der Waals surface area contributed by atoms with E-state index in [1.54, 1.807) is 24.3 Å². The van der Waals surface area contributed by atoms with Gasteiger partial charge in [-0.05, 0) is 57.0 Å². The summed E-state index contributed by atoms with van der Waals surface area (Å²) in [4.78, 5) is 28.0. The number of hydrogen-bond donors (Lipinski definition) is 1. The predicted octanol–water partition coefficient (Wildman–Crippen LogP) is 3.86. The monoisotopic (exact) mass is 537 g/mol. The maximum absolute atomic E-state index is 13.6. The lowest BCUT2D eigenvalue weighted by Crippen LogP contribution is -2.53. The molecule has 2 amide bonds. The number of benzene rings is 2. The number of anilines is 1. The zero-order chi connectivity index (χ0) is 24.8. The lowest BCUT2D eigenvalue weighted by atomic mass is 10.1. The first kappa shape index (κ1) is 26.9. The van der Waals surface area contributed by atoms with Crippen LogP contribution in [0.5, 0.6) is 0 Å². The summed E-state index contributed by atoms with van der Waals surface area (Å²) in [6.45, 7) is 7.30. The van der Waals surface area contributed by atoms with Crippen LogP contribution in [-0.2, 0) is 26.2 Å². The van der Waals surface area contributed by atoms with Crippen molar-refractivity contribution < 1.29 is 18.0 Å². The molecule has 2 rings (SSSR count). The van der Waals surface area contributed by atoms with Gasteiger partial charge in [-0.25, -0.2) is 8.42 Å². The summed E-state index contributed by atoms with van der Waals surface area (Å²) < 4.78 is 27.0. The van der Waals surface area contributed by atoms with Gasteiger partial charge in [0.15, 0.2) is 0 Å². The van der Waals surface area contributed by atoms with Gasteiger partial charge >= 0.3 is 0 Å². The maximum Gasteiger partial charge on any atom is 0.244 e. The molecule has 0 unspecified atom stereocenters. The van der Waals surface area contributed by atoms with Gasteiger partial charge in [0.1, 0.15) is 12.6 Å². The van der Waals surface area contributed by atoms with E-state index in [0.717, 1.165) is 26.2 Å². The third-order valence-corrected chi connectivity index (χ3v) is 6.72. The Balaban J connectivity index is 2.43. The number of nitrogens with one attached hydrogen (secondary N) is 1. The second-order valence-corrected chi connectivity index (χ2v) is 11.2. The van der Waals surface area contributed by atoms with Gasteiger partial charge in [-0.3, -0.25) is 13.9 Å². The van der Waals surface area contributed by atoms with Crippen molar-refractivity contribution in [2.75, 3.05) is 17.1 Å². The summed E-state index contributed by atoms with van der Waals surface area (Å²) in [6.07, 6.45) is 1.46. The molecule has 7 nitrogen and oxygen atoms in total. The van der Waals surface area contributed by atoms with E-state index in [2.05, 4.69) is 21.2 Å². The standard InChI is InChI=1S/C24H32BrN3O4S/c1-6-22(24(30)26-17(2)3)27(15-19-9-7-8-18(4)14-19)23(29)16-28(33(5,31)32)21-12-10-20(25)11-13-21/h7-14,17,22H,6,15-16H2,1-5H3,(H,26,30)/t22-/m0/s1. The van der Waals surface area contributed by atoms with Crippen molar-refractivity contribution in [2.24, 2.45) is 0 Å². The first-order chi connectivity index (χ1) is 15.4. The molecule has 0 saturated carbocycles. The summed E-state index contributed by atoms with van der Waals surface area (Å²) in [5.41, 5.74) is 2.28. The third-order valence-electron chi connectivity index (χ3n) is 5.05. The van der Waals surface area contributed by atoms with Crippen LogP contribution in [0.15, 0.2) is 53.0 Å². The predicted molar refractivity (Wildman–Crippen MR) is 135 cm³/mol. The van der Waals surface area contributed by atoms with Crippen molar-refractivity contribution in [3.63, 3.8) is 0 Å². The molecule has 0 aliphatic carbocycles. The van der Waals surface area contributed by atoms with Gasteiger partial charge < -0.3 is 10.2 Å². The van der Waals surface area contributed by atoms with Gasteiger partial charge in [0.25, 0.3) is 0 Å². The topological polar surface area (TPSA) is 86.8 Å². The van der Waals surface area contributed by atoms with E-state index in [1.165, 1.54) is 4.90 Å². The van der Waals surface area contributed by atoms with E-state index in [-0.39, 0.29) is 18.5 Å². The number of hydrogen-bond acceptors (Lipinski definition) is 4. The summed E-state index contributed by atoms with van der Waals surface area (Å²) in [5.74, 6) is -0.710. The van der Waals surface area contributed by atoms with Crippen LogP contribution in [0, 0.1) is 6.92 Å². The van der Waals surface area contributed by atoms with Gasteiger partial charge in [0.05, 0.1) is 11.9 Å². The van der Waals surface area contributed by atoms with E-state index in [9.17, 15) is 18.0 Å². The van der Waals surface area contributed by atoms with Crippen LogP contribution in [0.25, 0.3) is 0 Å². The fourth-order valence-electron chi connectivity index (χ4n) is 3.53. The van der Waals surface area contributed by atoms with Crippen LogP contribution in [0.3, 0.4) is 0 Å². The molecule has 0 spiro atoms. The van der Waals surface area contributed by atoms with E-state index >= 15 is 0 Å². The van der Waals surface area contributed by atoms with Crippen LogP contribution in [-0.4, -0.2) is 50.0 Å². The minimum Gasteiger partial charge on any atom is -0.352 e. The molecule has 33 heavy (non-hydrogen) atoms. The Morgan fingerprint density at radius 3 is 2.24 bits per heavy atom. The summed E-state index contributed by atoms with van der Waals surface area (Å²) in [6, 6.07) is 13.6. The first-order valence-corrected chi connectivity index (χ1v) is 13.4. The van der Waals surface area contributed by atoms with E-state index in [0.29, 0.717) is 12.1 Å². The second kappa shape index (κ2) is 11.7. The van der Waals surface area contributed by atoms with Crippen molar-refractivity contribution in [2.45, 2.75) is 52.7 Å². The van der Waals surface area contributed by atoms with Gasteiger partial charge in [0.2, 0.25) is 21.8 Å². The van der Waals surface area contributed by atoms with Gasteiger partial charge in [-0.1, -0.05) is 52.7 Å². The van der Waals surface area contributed by atoms with Crippen molar-refractivity contribution in [3.8, 4) is 0 Å². The molecule has 0 aliphatic heterocycles. The summed E-state index contributed by atoms with van der Waals surface area (Å²) >= 11 is 3.34. The fourth-order valence-corrected chi connectivity index (χ4v) is 4.64. The van der Waals surface area contributed by atoms with E-state index in [4.69, 9.17) is 0 Å². The smallest absolute Gasteiger partial charge is 0.244 e. The van der Waals surface area contributed by atoms with Crippen LogP contribution in [0.1, 0.15) is 38.3 Å². The number of carbonyl (C=O) groups excluding carboxylic acids is 2. The number of halogens is 1. The summed E-state index contributed by atoms with van der Waals surface area (Å²) in [7, 11) is -3.74. The molecular weight excluding hydrogens is 506 g/mol. The average molecular weight is 539 g/mol. The van der Waals surface area contributed by atoms with Gasteiger partial charge in [0, 0.05) is 17.1 Å². The Hall–Kier alpha value is -2.39. The highest BCUT2D eigenvalue weighted by molar-refractivity contribution is 9.10. The number of rotatable bonds is 10. The molecule has 0 radical (unpaired) electrons. The Labute approximate surface area is 205 Å². The minimum atomic E-state index is -3.74. The lowest BCUT2D eigenvalue weighted by molar-refractivity contribution is -0.140. The number of nitrogens with zero attached hydrogens (tertiary/aromatic N) is 2. The van der Waals surface area contributed by atoms with Crippen molar-refractivity contribution in [1.29, 1.82) is 0 Å². The number of carbonyl (C=O) groups is 2. The zero-order valence-corrected chi connectivity index (χ0v) is 22.1. The van der Waals surface area contributed by atoms with Crippen LogP contribution in [0.2, 0.25) is 0 Å². The lowest BCUT2D eigenvalue weighted by Gasteiger charge is -2.33. The van der Waals surface area contributed by atoms with Crippen LogP contribution >= 0.6 is 15.9 Å². The third kappa shape index (κ3) is 7.85. The largest absolute Gasteiger partial charge is 0.352 e. The Bertz CT molecular complexity index is 1070. The quantitative estimate of drug-likeness (QED) is 0.498. The molecule has 0 bridgehead atoms. The molecule has 1 atom stereocenters. The van der Waals surface area contributed by atoms with E-state index < -0.39 is 28.5 Å². The van der Waals surface area contributed by atoms with Crippen molar-refractivity contribution in [3.05, 3.63) is 64.1 Å². The Morgan fingerprint density at radius 1 is 1.09 bits per heavy atom. The molecule has 0 saturated heterocycles. The molecule has 2 aromatic rings. The molecule has 9 heteroatoms. The normalized spacial score (nSPS) is 12.3. The molecule has 0 heterocycles. The second-order valence-electron chi connectivity index (χ2n) is 8.34. The van der Waals surface area contributed by atoms with Crippen LogP contribution in [0.4, 0.5) is 5.69 Å². The van der Waals surface area contributed by atoms with Gasteiger partial charge in [-0.2, -0.15) is 0 Å². The number of aryl methyl sites for hydroxylation is 1. The van der Waals surface area contributed by atoms with E-state index in [1.807, 2.05) is 52.0 Å². The fraction of sp³-hybridized carbons (Fsp3) is 0.417. The molecular formula is C24H32BrN3O4S. The summed E-state index contributed by atoms with van der Waals surface area (Å²) in [5, 5.41) is 2.88. The first-order valence-electron chi connectivity index (χ1n) is 10.8. The molecule has 0 fully saturated rings. The van der Waals surface area contributed by atoms with Crippen molar-refractivity contribution in [1.82, 2.24) is 10.2 Å². The van der Waals surface area contributed by atoms with Crippen molar-refractivity contribution >= 4 is 43.5 Å². The number of amides is 2. The van der Waals surface area contributed by atoms with Crippen LogP contribution < -0.4 is 9.62 Å². The number of sulfonamides is 1. The minimum absolute atomic E-state index is 0.0854.